The van der Waals surface area contributed by atoms with Crippen LogP contribution in [0, 0.1) is 0 Å². The Morgan fingerprint density at radius 3 is 2.92 bits per heavy atom. The molecule has 2 heterocycles. The fraction of sp³-hybridized carbons (Fsp3) is 0.412. The summed E-state index contributed by atoms with van der Waals surface area (Å²) < 4.78 is 1.89. The van der Waals surface area contributed by atoms with Crippen molar-refractivity contribution < 1.29 is 0 Å². The monoisotopic (exact) mass is 457 g/mol. The molecule has 1 aromatic heterocycles. The summed E-state index contributed by atoms with van der Waals surface area (Å²) >= 11 is 2.05. The number of nitrogens with zero attached hydrogens (tertiary/aromatic N) is 3. The highest BCUT2D eigenvalue weighted by Gasteiger charge is 2.15. The van der Waals surface area contributed by atoms with Crippen molar-refractivity contribution in [2.45, 2.75) is 24.6 Å². The number of nitrogens with one attached hydrogen (secondary N) is 2. The second-order valence-corrected chi connectivity index (χ2v) is 6.93. The maximum absolute atomic E-state index is 4.32. The molecule has 7 heteroatoms. The maximum Gasteiger partial charge on any atom is 0.191 e. The molecule has 24 heavy (non-hydrogen) atoms. The average molecular weight is 457 g/mol. The van der Waals surface area contributed by atoms with Gasteiger partial charge in [-0.3, -0.25) is 4.99 Å². The van der Waals surface area contributed by atoms with Crippen LogP contribution < -0.4 is 10.6 Å². The summed E-state index contributed by atoms with van der Waals surface area (Å²) in [5, 5.41) is 11.9. The van der Waals surface area contributed by atoms with E-state index in [1.807, 2.05) is 30.1 Å². The van der Waals surface area contributed by atoms with Gasteiger partial charge in [0.15, 0.2) is 5.96 Å². The third kappa shape index (κ3) is 5.14. The van der Waals surface area contributed by atoms with Crippen molar-refractivity contribution in [3.05, 3.63) is 48.3 Å². The van der Waals surface area contributed by atoms with Gasteiger partial charge in [-0.2, -0.15) is 16.9 Å². The van der Waals surface area contributed by atoms with E-state index in [2.05, 4.69) is 50.7 Å². The zero-order chi connectivity index (χ0) is 15.9. The first-order valence-corrected chi connectivity index (χ1v) is 9.06. The van der Waals surface area contributed by atoms with Crippen molar-refractivity contribution >= 4 is 41.7 Å². The zero-order valence-electron chi connectivity index (χ0n) is 13.8. The molecule has 2 aromatic rings. The molecular formula is C17H24IN5S. The topological polar surface area (TPSA) is 54.2 Å². The maximum atomic E-state index is 4.32. The predicted octanol–water partition coefficient (Wildman–Crippen LogP) is 3.05. The van der Waals surface area contributed by atoms with Crippen LogP contribution in [0.3, 0.4) is 0 Å². The molecule has 0 radical (unpaired) electrons. The largest absolute Gasteiger partial charge is 0.355 e. The van der Waals surface area contributed by atoms with Gasteiger partial charge in [0.2, 0.25) is 0 Å². The Kier molecular flexibility index (Phi) is 7.90. The molecule has 0 aliphatic carbocycles. The van der Waals surface area contributed by atoms with Crippen molar-refractivity contribution in [3.8, 4) is 5.69 Å². The highest BCUT2D eigenvalue weighted by atomic mass is 127. The molecule has 1 saturated heterocycles. The van der Waals surface area contributed by atoms with Crippen molar-refractivity contribution in [1.82, 2.24) is 20.4 Å². The fourth-order valence-electron chi connectivity index (χ4n) is 2.71. The van der Waals surface area contributed by atoms with E-state index >= 15 is 0 Å². The SMILES string of the molecule is CN=C(NCc1ccccc1-n1cccn1)NCC1CCCS1.I. The molecule has 5 nitrogen and oxygen atoms in total. The third-order valence-corrected chi connectivity index (χ3v) is 5.33. The van der Waals surface area contributed by atoms with Crippen molar-refractivity contribution in [1.29, 1.82) is 0 Å². The van der Waals surface area contributed by atoms with Gasteiger partial charge in [-0.05, 0) is 36.3 Å². The Hall–Kier alpha value is -1.22. The van der Waals surface area contributed by atoms with Crippen molar-refractivity contribution in [3.63, 3.8) is 0 Å². The summed E-state index contributed by atoms with van der Waals surface area (Å²) in [5.74, 6) is 2.14. The van der Waals surface area contributed by atoms with E-state index in [9.17, 15) is 0 Å². The highest BCUT2D eigenvalue weighted by Crippen LogP contribution is 2.25. The van der Waals surface area contributed by atoms with E-state index in [1.54, 1.807) is 6.20 Å². The lowest BCUT2D eigenvalue weighted by atomic mass is 10.2. The van der Waals surface area contributed by atoms with Gasteiger partial charge in [0.25, 0.3) is 0 Å². The lowest BCUT2D eigenvalue weighted by molar-refractivity contribution is 0.724. The number of aromatic nitrogens is 2. The minimum atomic E-state index is 0. The lowest BCUT2D eigenvalue weighted by Crippen LogP contribution is -2.39. The molecule has 1 atom stereocenters. The Morgan fingerprint density at radius 1 is 1.33 bits per heavy atom. The minimum Gasteiger partial charge on any atom is -0.355 e. The molecule has 0 amide bonds. The molecule has 2 N–H and O–H groups in total. The second kappa shape index (κ2) is 9.93. The first-order valence-electron chi connectivity index (χ1n) is 8.01. The molecule has 1 unspecified atom stereocenters. The molecular weight excluding hydrogens is 433 g/mol. The fourth-order valence-corrected chi connectivity index (χ4v) is 3.91. The van der Waals surface area contributed by atoms with Crippen LogP contribution in [0.1, 0.15) is 18.4 Å². The summed E-state index contributed by atoms with van der Waals surface area (Å²) in [6, 6.07) is 10.2. The number of thioether (sulfide) groups is 1. The number of hydrogen-bond acceptors (Lipinski definition) is 3. The smallest absolute Gasteiger partial charge is 0.191 e. The molecule has 1 aliphatic heterocycles. The van der Waals surface area contributed by atoms with Crippen molar-refractivity contribution in [2.24, 2.45) is 4.99 Å². The summed E-state index contributed by atoms with van der Waals surface area (Å²) in [7, 11) is 1.82. The second-order valence-electron chi connectivity index (χ2n) is 5.52. The number of guanidine groups is 1. The number of hydrogen-bond donors (Lipinski definition) is 2. The van der Waals surface area contributed by atoms with Gasteiger partial charge in [-0.1, -0.05) is 18.2 Å². The van der Waals surface area contributed by atoms with Gasteiger partial charge in [0.1, 0.15) is 0 Å². The molecule has 0 bridgehead atoms. The van der Waals surface area contributed by atoms with E-state index in [4.69, 9.17) is 0 Å². The van der Waals surface area contributed by atoms with Crippen LogP contribution in [0.2, 0.25) is 0 Å². The van der Waals surface area contributed by atoms with E-state index in [-0.39, 0.29) is 24.0 Å². The Balaban J connectivity index is 0.00000208. The number of para-hydroxylation sites is 1. The normalized spacial score (nSPS) is 17.4. The highest BCUT2D eigenvalue weighted by molar-refractivity contribution is 14.0. The van der Waals surface area contributed by atoms with Crippen molar-refractivity contribution in [2.75, 3.05) is 19.3 Å². The van der Waals surface area contributed by atoms with Crippen LogP contribution in [0.15, 0.2) is 47.7 Å². The molecule has 3 rings (SSSR count). The van der Waals surface area contributed by atoms with E-state index < -0.39 is 0 Å². The Labute approximate surface area is 164 Å². The number of halogens is 1. The van der Waals surface area contributed by atoms with Gasteiger partial charge in [-0.15, -0.1) is 24.0 Å². The van der Waals surface area contributed by atoms with E-state index in [0.29, 0.717) is 11.8 Å². The first-order chi connectivity index (χ1) is 11.4. The molecule has 0 saturated carbocycles. The number of benzene rings is 1. The molecule has 0 spiro atoms. The molecule has 130 valence electrons. The predicted molar refractivity (Wildman–Crippen MR) is 113 cm³/mol. The number of rotatable bonds is 5. The van der Waals surface area contributed by atoms with Crippen LogP contribution >= 0.6 is 35.7 Å². The quantitative estimate of drug-likeness (QED) is 0.412. The Bertz CT molecular complexity index is 638. The average Bonchev–Trinajstić information content (AvgIpc) is 3.29. The van der Waals surface area contributed by atoms with Crippen LogP contribution in [0.5, 0.6) is 0 Å². The summed E-state index contributed by atoms with van der Waals surface area (Å²) in [5.41, 5.74) is 2.28. The van der Waals surface area contributed by atoms with Gasteiger partial charge < -0.3 is 10.6 Å². The van der Waals surface area contributed by atoms with Gasteiger partial charge in [0.05, 0.1) is 5.69 Å². The number of aliphatic imine (C=N–C) groups is 1. The van der Waals surface area contributed by atoms with Gasteiger partial charge in [-0.25, -0.2) is 4.68 Å². The third-order valence-electron chi connectivity index (χ3n) is 3.93. The zero-order valence-corrected chi connectivity index (χ0v) is 17.0. The minimum absolute atomic E-state index is 0. The molecule has 1 fully saturated rings. The standard InChI is InChI=1S/C17H23N5S.HI/c1-18-17(20-13-15-7-4-11-23-15)19-12-14-6-2-3-8-16(14)22-10-5-9-21-22;/h2-3,5-6,8-10,15H,4,7,11-13H2,1H3,(H2,18,19,20);1H. The summed E-state index contributed by atoms with van der Waals surface area (Å²) in [6.07, 6.45) is 6.39. The first kappa shape index (κ1) is 19.1. The summed E-state index contributed by atoms with van der Waals surface area (Å²) in [6.45, 7) is 1.69. The molecule has 1 aliphatic rings. The van der Waals surface area contributed by atoms with E-state index in [1.165, 1.54) is 24.2 Å². The van der Waals surface area contributed by atoms with Crippen LogP contribution in [-0.2, 0) is 6.54 Å². The molecule has 1 aromatic carbocycles. The van der Waals surface area contributed by atoms with Gasteiger partial charge >= 0.3 is 0 Å². The van der Waals surface area contributed by atoms with E-state index in [0.717, 1.165) is 18.2 Å². The van der Waals surface area contributed by atoms with Gasteiger partial charge in [0, 0.05) is 37.8 Å². The summed E-state index contributed by atoms with van der Waals surface area (Å²) in [4.78, 5) is 4.32. The lowest BCUT2D eigenvalue weighted by Gasteiger charge is -2.16. The van der Waals surface area contributed by atoms with Crippen LogP contribution in [-0.4, -0.2) is 40.3 Å². The Morgan fingerprint density at radius 2 is 2.21 bits per heavy atom. The van der Waals surface area contributed by atoms with Crippen LogP contribution in [0.4, 0.5) is 0 Å². The van der Waals surface area contributed by atoms with Crippen LogP contribution in [0.25, 0.3) is 5.69 Å².